The first-order valence-corrected chi connectivity index (χ1v) is 10.4. The molecule has 0 unspecified atom stereocenters. The predicted molar refractivity (Wildman–Crippen MR) is 113 cm³/mol. The molecular weight excluding hydrogens is 453 g/mol. The third-order valence-corrected chi connectivity index (χ3v) is 5.53. The molecule has 1 aliphatic heterocycles. The maximum Gasteiger partial charge on any atom is 0.211 e. The van der Waals surface area contributed by atoms with Crippen molar-refractivity contribution in [2.75, 3.05) is 39.0 Å². The minimum atomic E-state index is -3.05. The molecule has 0 aromatic carbocycles. The molecule has 1 fully saturated rings. The highest BCUT2D eigenvalue weighted by molar-refractivity contribution is 14.0. The van der Waals surface area contributed by atoms with E-state index in [1.54, 1.807) is 4.31 Å². The summed E-state index contributed by atoms with van der Waals surface area (Å²) in [5.74, 6) is 1.28. The van der Waals surface area contributed by atoms with Crippen molar-refractivity contribution in [3.8, 4) is 0 Å². The van der Waals surface area contributed by atoms with E-state index in [2.05, 4.69) is 20.2 Å². The maximum absolute atomic E-state index is 11.5. The van der Waals surface area contributed by atoms with Crippen LogP contribution >= 0.6 is 24.0 Å². The van der Waals surface area contributed by atoms with Crippen LogP contribution in [0.1, 0.15) is 19.8 Å². The molecule has 1 aromatic heterocycles. The molecule has 25 heavy (non-hydrogen) atoms. The molecule has 0 atom stereocenters. The Balaban J connectivity index is 0.00000312. The number of rotatable bonds is 7. The van der Waals surface area contributed by atoms with E-state index in [0.717, 1.165) is 45.0 Å². The van der Waals surface area contributed by atoms with Crippen LogP contribution in [0.3, 0.4) is 0 Å². The van der Waals surface area contributed by atoms with Crippen LogP contribution in [-0.4, -0.2) is 62.2 Å². The van der Waals surface area contributed by atoms with Gasteiger partial charge in [0.1, 0.15) is 0 Å². The second-order valence-corrected chi connectivity index (χ2v) is 8.16. The van der Waals surface area contributed by atoms with Crippen molar-refractivity contribution in [3.63, 3.8) is 0 Å². The minimum absolute atomic E-state index is 0. The van der Waals surface area contributed by atoms with Gasteiger partial charge < -0.3 is 15.2 Å². The first kappa shape index (κ1) is 22.2. The molecule has 0 amide bonds. The van der Waals surface area contributed by atoms with Crippen LogP contribution in [0, 0.1) is 5.92 Å². The third kappa shape index (κ3) is 7.95. The first-order valence-electron chi connectivity index (χ1n) is 8.57. The van der Waals surface area contributed by atoms with Crippen molar-refractivity contribution in [1.29, 1.82) is 0 Å². The Hall–Kier alpha value is -0.810. The summed E-state index contributed by atoms with van der Waals surface area (Å²) in [7, 11) is -3.05. The first-order chi connectivity index (χ1) is 11.5. The largest absolute Gasteiger partial charge is 0.357 e. The number of guanidine groups is 1. The van der Waals surface area contributed by atoms with Crippen LogP contribution in [0.5, 0.6) is 0 Å². The van der Waals surface area contributed by atoms with E-state index in [-0.39, 0.29) is 24.0 Å². The van der Waals surface area contributed by atoms with Crippen LogP contribution in [-0.2, 0) is 16.6 Å². The SMILES string of the molecule is CCNC(=NCC1CCN(S(C)(=O)=O)CC1)NCCn1cccc1.I. The van der Waals surface area contributed by atoms with Gasteiger partial charge >= 0.3 is 0 Å². The van der Waals surface area contributed by atoms with Gasteiger partial charge in [0, 0.05) is 51.7 Å². The molecule has 0 saturated carbocycles. The van der Waals surface area contributed by atoms with Gasteiger partial charge in [0.2, 0.25) is 10.0 Å². The molecule has 0 spiro atoms. The number of aromatic nitrogens is 1. The Morgan fingerprint density at radius 1 is 1.20 bits per heavy atom. The predicted octanol–water partition coefficient (Wildman–Crippen LogP) is 1.33. The number of halogens is 1. The summed E-state index contributed by atoms with van der Waals surface area (Å²) in [6, 6.07) is 4.03. The Kier molecular flexibility index (Phi) is 9.80. The molecule has 2 heterocycles. The zero-order valence-corrected chi connectivity index (χ0v) is 18.2. The lowest BCUT2D eigenvalue weighted by atomic mass is 9.98. The highest BCUT2D eigenvalue weighted by Crippen LogP contribution is 2.19. The maximum atomic E-state index is 11.5. The van der Waals surface area contributed by atoms with Gasteiger partial charge in [-0.3, -0.25) is 4.99 Å². The van der Waals surface area contributed by atoms with E-state index in [9.17, 15) is 8.42 Å². The minimum Gasteiger partial charge on any atom is -0.357 e. The number of sulfonamides is 1. The fourth-order valence-electron chi connectivity index (χ4n) is 2.81. The highest BCUT2D eigenvalue weighted by atomic mass is 127. The summed E-state index contributed by atoms with van der Waals surface area (Å²) in [5, 5.41) is 6.60. The molecule has 2 N–H and O–H groups in total. The zero-order chi connectivity index (χ0) is 17.4. The van der Waals surface area contributed by atoms with E-state index >= 15 is 0 Å². The summed E-state index contributed by atoms with van der Waals surface area (Å²) in [5.41, 5.74) is 0. The Bertz CT molecular complexity index is 610. The van der Waals surface area contributed by atoms with Crippen LogP contribution in [0.25, 0.3) is 0 Å². The smallest absolute Gasteiger partial charge is 0.211 e. The van der Waals surface area contributed by atoms with Crippen LogP contribution in [0.2, 0.25) is 0 Å². The summed E-state index contributed by atoms with van der Waals surface area (Å²) < 4.78 is 26.8. The summed E-state index contributed by atoms with van der Waals surface area (Å²) in [4.78, 5) is 4.66. The normalized spacial score (nSPS) is 17.1. The topological polar surface area (TPSA) is 78.7 Å². The molecule has 9 heteroatoms. The standard InChI is InChI=1S/C16H29N5O2S.HI/c1-3-17-16(18-8-13-20-9-4-5-10-20)19-14-15-6-11-21(12-7-15)24(2,22)23;/h4-5,9-10,15H,3,6-8,11-14H2,1-2H3,(H2,17,18,19);1H. The lowest BCUT2D eigenvalue weighted by Gasteiger charge is -2.29. The molecule has 1 saturated heterocycles. The molecule has 144 valence electrons. The Labute approximate surface area is 168 Å². The second-order valence-electron chi connectivity index (χ2n) is 6.17. The van der Waals surface area contributed by atoms with Gasteiger partial charge in [-0.2, -0.15) is 0 Å². The molecule has 7 nitrogen and oxygen atoms in total. The summed E-state index contributed by atoms with van der Waals surface area (Å²) in [6.45, 7) is 6.52. The lowest BCUT2D eigenvalue weighted by molar-refractivity contribution is 0.280. The lowest BCUT2D eigenvalue weighted by Crippen LogP contribution is -2.40. The van der Waals surface area contributed by atoms with E-state index in [0.29, 0.717) is 19.0 Å². The molecular formula is C16H30IN5O2S. The highest BCUT2D eigenvalue weighted by Gasteiger charge is 2.24. The van der Waals surface area contributed by atoms with Gasteiger partial charge in [-0.25, -0.2) is 12.7 Å². The third-order valence-electron chi connectivity index (χ3n) is 4.22. The number of hydrogen-bond donors (Lipinski definition) is 2. The number of nitrogens with one attached hydrogen (secondary N) is 2. The van der Waals surface area contributed by atoms with Gasteiger partial charge in [0.05, 0.1) is 6.26 Å². The number of hydrogen-bond acceptors (Lipinski definition) is 3. The van der Waals surface area contributed by atoms with Crippen molar-refractivity contribution in [3.05, 3.63) is 24.5 Å². The van der Waals surface area contributed by atoms with E-state index in [1.807, 2.05) is 31.5 Å². The van der Waals surface area contributed by atoms with Crippen molar-refractivity contribution < 1.29 is 8.42 Å². The van der Waals surface area contributed by atoms with E-state index in [4.69, 9.17) is 0 Å². The van der Waals surface area contributed by atoms with Crippen molar-refractivity contribution in [1.82, 2.24) is 19.5 Å². The van der Waals surface area contributed by atoms with Gasteiger partial charge in [-0.15, -0.1) is 24.0 Å². The fourth-order valence-corrected chi connectivity index (χ4v) is 3.68. The van der Waals surface area contributed by atoms with Gasteiger partial charge in [-0.1, -0.05) is 0 Å². The Morgan fingerprint density at radius 2 is 1.84 bits per heavy atom. The summed E-state index contributed by atoms with van der Waals surface area (Å²) >= 11 is 0. The van der Waals surface area contributed by atoms with Gasteiger partial charge in [0.15, 0.2) is 5.96 Å². The average molecular weight is 483 g/mol. The average Bonchev–Trinajstić information content (AvgIpc) is 3.05. The quantitative estimate of drug-likeness (QED) is 0.349. The molecule has 1 aliphatic rings. The fraction of sp³-hybridized carbons (Fsp3) is 0.688. The number of piperidine rings is 1. The molecule has 0 bridgehead atoms. The van der Waals surface area contributed by atoms with Gasteiger partial charge in [0.25, 0.3) is 0 Å². The molecule has 1 aromatic rings. The van der Waals surface area contributed by atoms with Crippen LogP contribution < -0.4 is 10.6 Å². The zero-order valence-electron chi connectivity index (χ0n) is 15.0. The molecule has 0 radical (unpaired) electrons. The van der Waals surface area contributed by atoms with Gasteiger partial charge in [-0.05, 0) is 37.8 Å². The second kappa shape index (κ2) is 11.0. The monoisotopic (exact) mass is 483 g/mol. The van der Waals surface area contributed by atoms with Crippen molar-refractivity contribution >= 4 is 40.0 Å². The Morgan fingerprint density at radius 3 is 2.40 bits per heavy atom. The molecule has 0 aliphatic carbocycles. The number of nitrogens with zero attached hydrogens (tertiary/aromatic N) is 3. The van der Waals surface area contributed by atoms with E-state index in [1.165, 1.54) is 6.26 Å². The summed E-state index contributed by atoms with van der Waals surface area (Å²) in [6.07, 6.45) is 7.12. The molecule has 2 rings (SSSR count). The van der Waals surface area contributed by atoms with E-state index < -0.39 is 10.0 Å². The van der Waals surface area contributed by atoms with Crippen molar-refractivity contribution in [2.45, 2.75) is 26.3 Å². The van der Waals surface area contributed by atoms with Crippen LogP contribution in [0.15, 0.2) is 29.5 Å². The van der Waals surface area contributed by atoms with Crippen molar-refractivity contribution in [2.24, 2.45) is 10.9 Å². The van der Waals surface area contributed by atoms with Crippen LogP contribution in [0.4, 0.5) is 0 Å². The number of aliphatic imine (C=N–C) groups is 1.